The minimum absolute atomic E-state index is 0. The van der Waals surface area contributed by atoms with Gasteiger partial charge in [-0.05, 0) is 50.9 Å². The quantitative estimate of drug-likeness (QED) is 0.638. The van der Waals surface area contributed by atoms with Gasteiger partial charge in [0.25, 0.3) is 5.69 Å². The van der Waals surface area contributed by atoms with Gasteiger partial charge in [-0.15, -0.1) is 12.4 Å². The fraction of sp³-hybridized carbons (Fsp3) is 0.571. The molecule has 7 nitrogen and oxygen atoms in total. The molecule has 2 rings (SSSR count). The van der Waals surface area contributed by atoms with Gasteiger partial charge < -0.3 is 5.32 Å². The lowest BCUT2D eigenvalue weighted by atomic mass is 10.1. The highest BCUT2D eigenvalue weighted by Gasteiger charge is 2.38. The van der Waals surface area contributed by atoms with E-state index in [9.17, 15) is 18.5 Å². The minimum Gasteiger partial charge on any atom is -0.318 e. The molecule has 0 spiro atoms. The number of aryl methyl sites for hydroxylation is 2. The van der Waals surface area contributed by atoms with Crippen molar-refractivity contribution in [3.8, 4) is 0 Å². The average Bonchev–Trinajstić information content (AvgIpc) is 2.90. The van der Waals surface area contributed by atoms with Crippen molar-refractivity contribution in [3.63, 3.8) is 0 Å². The summed E-state index contributed by atoms with van der Waals surface area (Å²) in [5, 5.41) is 14.2. The van der Waals surface area contributed by atoms with Gasteiger partial charge in [-0.2, -0.15) is 4.31 Å². The van der Waals surface area contributed by atoms with Crippen molar-refractivity contribution in [1.29, 1.82) is 0 Å². The SMILES string of the molecule is CNCC1CCCN1S(=O)(=O)c1cc(C)c(C)cc1[N+](=O)[O-].Cl. The van der Waals surface area contributed by atoms with E-state index in [1.807, 2.05) is 0 Å². The number of nitro benzene ring substituents is 1. The molecule has 0 bridgehead atoms. The zero-order valence-electron chi connectivity index (χ0n) is 13.4. The Morgan fingerprint density at radius 3 is 2.52 bits per heavy atom. The van der Waals surface area contributed by atoms with Gasteiger partial charge in [-0.3, -0.25) is 10.1 Å². The number of benzene rings is 1. The molecule has 1 aromatic carbocycles. The molecule has 1 atom stereocenters. The summed E-state index contributed by atoms with van der Waals surface area (Å²) in [6.07, 6.45) is 1.53. The Morgan fingerprint density at radius 1 is 1.35 bits per heavy atom. The van der Waals surface area contributed by atoms with Gasteiger partial charge in [-0.25, -0.2) is 8.42 Å². The number of sulfonamides is 1. The molecule has 0 amide bonds. The molecule has 130 valence electrons. The first-order valence-electron chi connectivity index (χ1n) is 7.21. The van der Waals surface area contributed by atoms with E-state index in [4.69, 9.17) is 0 Å². The van der Waals surface area contributed by atoms with Gasteiger partial charge in [0.2, 0.25) is 10.0 Å². The Morgan fingerprint density at radius 2 is 1.96 bits per heavy atom. The predicted octanol–water partition coefficient (Wildman–Crippen LogP) is 2.01. The van der Waals surface area contributed by atoms with Crippen molar-refractivity contribution >= 4 is 28.1 Å². The second-order valence-electron chi connectivity index (χ2n) is 5.63. The van der Waals surface area contributed by atoms with E-state index in [-0.39, 0.29) is 29.0 Å². The smallest absolute Gasteiger partial charge is 0.289 e. The van der Waals surface area contributed by atoms with Crippen molar-refractivity contribution in [2.75, 3.05) is 20.1 Å². The summed E-state index contributed by atoms with van der Waals surface area (Å²) in [5.41, 5.74) is 1.09. The third kappa shape index (κ3) is 3.82. The van der Waals surface area contributed by atoms with Crippen LogP contribution in [0, 0.1) is 24.0 Å². The van der Waals surface area contributed by atoms with Gasteiger partial charge in [0, 0.05) is 25.2 Å². The van der Waals surface area contributed by atoms with Crippen LogP contribution < -0.4 is 5.32 Å². The predicted molar refractivity (Wildman–Crippen MR) is 90.7 cm³/mol. The normalized spacial score (nSPS) is 18.7. The van der Waals surface area contributed by atoms with Gasteiger partial charge in [0.1, 0.15) is 0 Å². The molecule has 1 unspecified atom stereocenters. The third-order valence-electron chi connectivity index (χ3n) is 4.12. The maximum atomic E-state index is 12.9. The van der Waals surface area contributed by atoms with Crippen molar-refractivity contribution in [2.24, 2.45) is 0 Å². The van der Waals surface area contributed by atoms with Crippen LogP contribution >= 0.6 is 12.4 Å². The first-order valence-corrected chi connectivity index (χ1v) is 8.65. The van der Waals surface area contributed by atoms with E-state index >= 15 is 0 Å². The summed E-state index contributed by atoms with van der Waals surface area (Å²) in [5.74, 6) is 0. The summed E-state index contributed by atoms with van der Waals surface area (Å²) >= 11 is 0. The summed E-state index contributed by atoms with van der Waals surface area (Å²) in [6.45, 7) is 4.43. The van der Waals surface area contributed by atoms with E-state index in [0.717, 1.165) is 18.4 Å². The van der Waals surface area contributed by atoms with Crippen LogP contribution in [0.2, 0.25) is 0 Å². The first-order chi connectivity index (χ1) is 10.3. The second kappa shape index (κ2) is 7.57. The van der Waals surface area contributed by atoms with Crippen molar-refractivity contribution in [3.05, 3.63) is 33.4 Å². The summed E-state index contributed by atoms with van der Waals surface area (Å²) in [7, 11) is -2.11. The summed E-state index contributed by atoms with van der Waals surface area (Å²) in [6, 6.07) is 2.60. The van der Waals surface area contributed by atoms with E-state index in [1.165, 1.54) is 16.4 Å². The zero-order valence-corrected chi connectivity index (χ0v) is 15.0. The molecule has 1 saturated heterocycles. The summed E-state index contributed by atoms with van der Waals surface area (Å²) in [4.78, 5) is 10.4. The number of likely N-dealkylation sites (N-methyl/N-ethyl adjacent to an activating group) is 1. The standard InChI is InChI=1S/C14H21N3O4S.ClH/c1-10-7-13(17(18)19)14(8-11(10)2)22(20,21)16-6-4-5-12(16)9-15-3;/h7-8,12,15H,4-6,9H2,1-3H3;1H. The minimum atomic E-state index is -3.87. The number of hydrogen-bond acceptors (Lipinski definition) is 5. The first kappa shape index (κ1) is 19.8. The van der Waals surface area contributed by atoms with Crippen molar-refractivity contribution in [2.45, 2.75) is 37.6 Å². The number of halogens is 1. The lowest BCUT2D eigenvalue weighted by Crippen LogP contribution is -2.41. The molecular weight excluding hydrogens is 342 g/mol. The maximum absolute atomic E-state index is 12.9. The van der Waals surface area contributed by atoms with Crippen LogP contribution in [-0.4, -0.2) is 43.8 Å². The number of nitrogens with one attached hydrogen (secondary N) is 1. The topological polar surface area (TPSA) is 92.6 Å². The highest BCUT2D eigenvalue weighted by molar-refractivity contribution is 7.89. The molecule has 23 heavy (non-hydrogen) atoms. The fourth-order valence-corrected chi connectivity index (χ4v) is 4.73. The highest BCUT2D eigenvalue weighted by Crippen LogP contribution is 2.33. The van der Waals surface area contributed by atoms with Gasteiger partial charge in [0.15, 0.2) is 4.90 Å². The molecule has 0 radical (unpaired) electrons. The number of nitro groups is 1. The van der Waals surface area contributed by atoms with Crippen LogP contribution in [0.5, 0.6) is 0 Å². The van der Waals surface area contributed by atoms with E-state index < -0.39 is 14.9 Å². The van der Waals surface area contributed by atoms with E-state index in [2.05, 4.69) is 5.32 Å². The van der Waals surface area contributed by atoms with Gasteiger partial charge in [0.05, 0.1) is 4.92 Å². The third-order valence-corrected chi connectivity index (χ3v) is 6.10. The number of nitrogens with zero attached hydrogens (tertiary/aromatic N) is 2. The molecule has 9 heteroatoms. The molecular formula is C14H22ClN3O4S. The largest absolute Gasteiger partial charge is 0.318 e. The van der Waals surface area contributed by atoms with Gasteiger partial charge in [-0.1, -0.05) is 0 Å². The molecule has 0 aliphatic carbocycles. The Kier molecular flexibility index (Phi) is 6.52. The highest BCUT2D eigenvalue weighted by atomic mass is 35.5. The molecule has 1 fully saturated rings. The Labute approximate surface area is 142 Å². The lowest BCUT2D eigenvalue weighted by molar-refractivity contribution is -0.387. The van der Waals surface area contributed by atoms with Crippen LogP contribution in [0.4, 0.5) is 5.69 Å². The van der Waals surface area contributed by atoms with Gasteiger partial charge >= 0.3 is 0 Å². The fourth-order valence-electron chi connectivity index (χ4n) is 2.82. The van der Waals surface area contributed by atoms with Crippen molar-refractivity contribution in [1.82, 2.24) is 9.62 Å². The van der Waals surface area contributed by atoms with Crippen LogP contribution in [0.1, 0.15) is 24.0 Å². The Bertz CT molecular complexity index is 694. The zero-order chi connectivity index (χ0) is 16.5. The lowest BCUT2D eigenvalue weighted by Gasteiger charge is -2.24. The van der Waals surface area contributed by atoms with Crippen molar-refractivity contribution < 1.29 is 13.3 Å². The molecule has 1 aliphatic rings. The average molecular weight is 364 g/mol. The second-order valence-corrected chi connectivity index (χ2v) is 7.49. The van der Waals surface area contributed by atoms with Crippen LogP contribution in [0.25, 0.3) is 0 Å². The molecule has 1 aromatic rings. The maximum Gasteiger partial charge on any atom is 0.289 e. The van der Waals surface area contributed by atoms with Crippen LogP contribution in [-0.2, 0) is 10.0 Å². The van der Waals surface area contributed by atoms with E-state index in [1.54, 1.807) is 20.9 Å². The molecule has 0 aromatic heterocycles. The van der Waals surface area contributed by atoms with Crippen LogP contribution in [0.3, 0.4) is 0 Å². The molecule has 0 saturated carbocycles. The monoisotopic (exact) mass is 363 g/mol. The molecule has 1 N–H and O–H groups in total. The Balaban J connectivity index is 0.00000264. The molecule has 1 aliphatic heterocycles. The number of rotatable bonds is 5. The van der Waals surface area contributed by atoms with Crippen LogP contribution in [0.15, 0.2) is 17.0 Å². The molecule has 1 heterocycles. The number of hydrogen-bond donors (Lipinski definition) is 1. The summed E-state index contributed by atoms with van der Waals surface area (Å²) < 4.78 is 27.2. The van der Waals surface area contributed by atoms with E-state index in [0.29, 0.717) is 18.7 Å². The Hall–Kier alpha value is -1.22.